The highest BCUT2D eigenvalue weighted by Crippen LogP contribution is 1.93. The average molecular weight is 195 g/mol. The number of likely N-dealkylation sites (N-methyl/N-ethyl adjacent to an activating group) is 1. The largest absolute Gasteiger partial charge is 0.380 e. The molecule has 0 aliphatic rings. The Kier molecular flexibility index (Phi) is 4.71. The molecule has 0 rings (SSSR count). The molecule has 54 valence electrons. The van der Waals surface area contributed by atoms with Crippen molar-refractivity contribution in [1.29, 1.82) is 0 Å². The molecule has 0 aliphatic heterocycles. The van der Waals surface area contributed by atoms with E-state index in [9.17, 15) is 0 Å². The number of rotatable bonds is 3. The number of alkyl halides is 1. The predicted octanol–water partition coefficient (Wildman–Crippen LogP) is 0.290. The van der Waals surface area contributed by atoms with E-state index in [2.05, 4.69) is 20.9 Å². The molecular formula is C5H11BrN2O. The van der Waals surface area contributed by atoms with Crippen molar-refractivity contribution in [2.75, 3.05) is 20.6 Å². The van der Waals surface area contributed by atoms with Gasteiger partial charge in [0.1, 0.15) is 5.01 Å². The fourth-order valence-electron chi connectivity index (χ4n) is 0.482. The fraction of sp³-hybridized carbons (Fsp3) is 0.800. The topological polar surface area (TPSA) is 35.8 Å². The smallest absolute Gasteiger partial charge is 0.126 e. The molecule has 0 aromatic rings. The number of nitrogens with zero attached hydrogens (tertiary/aromatic N) is 2. The number of hydrogen-bond acceptors (Lipinski definition) is 2. The van der Waals surface area contributed by atoms with Gasteiger partial charge in [0.25, 0.3) is 0 Å². The van der Waals surface area contributed by atoms with Crippen molar-refractivity contribution in [1.82, 2.24) is 4.90 Å². The maximum absolute atomic E-state index is 8.76. The molecule has 0 spiro atoms. The van der Waals surface area contributed by atoms with Crippen molar-refractivity contribution in [3.63, 3.8) is 0 Å². The number of hydrogen-bond donors (Lipinski definition) is 1. The molecule has 0 bridgehead atoms. The van der Waals surface area contributed by atoms with Crippen LogP contribution in [0.4, 0.5) is 0 Å². The van der Waals surface area contributed by atoms with Gasteiger partial charge >= 0.3 is 0 Å². The molecule has 0 aromatic carbocycles. The molecule has 1 unspecified atom stereocenters. The molecule has 0 fully saturated rings. The molecule has 4 heteroatoms. The van der Waals surface area contributed by atoms with Gasteiger partial charge in [0.05, 0.1) is 12.9 Å². The zero-order valence-electron chi connectivity index (χ0n) is 5.58. The van der Waals surface area contributed by atoms with Crippen LogP contribution in [0.5, 0.6) is 0 Å². The third-order valence-electron chi connectivity index (χ3n) is 0.751. The number of aliphatic hydroxyl groups excluding tert-OH is 1. The van der Waals surface area contributed by atoms with Crippen molar-refractivity contribution in [3.05, 3.63) is 0 Å². The molecule has 9 heavy (non-hydrogen) atoms. The van der Waals surface area contributed by atoms with Gasteiger partial charge in [-0.1, -0.05) is 15.9 Å². The highest BCUT2D eigenvalue weighted by atomic mass is 79.9. The first-order valence-electron chi connectivity index (χ1n) is 2.61. The number of aliphatic hydroxyl groups is 1. The van der Waals surface area contributed by atoms with E-state index in [1.54, 1.807) is 18.3 Å². The summed E-state index contributed by atoms with van der Waals surface area (Å²) in [6.45, 7) is 0.553. The van der Waals surface area contributed by atoms with Crippen LogP contribution in [-0.2, 0) is 0 Å². The van der Waals surface area contributed by atoms with Gasteiger partial charge in [0.2, 0.25) is 0 Å². The monoisotopic (exact) mass is 194 g/mol. The van der Waals surface area contributed by atoms with E-state index in [1.807, 2.05) is 7.05 Å². The zero-order chi connectivity index (χ0) is 7.28. The van der Waals surface area contributed by atoms with Crippen LogP contribution in [0.1, 0.15) is 0 Å². The first kappa shape index (κ1) is 8.91. The minimum Gasteiger partial charge on any atom is -0.380 e. The molecule has 0 saturated heterocycles. The second-order valence-electron chi connectivity index (χ2n) is 1.75. The summed E-state index contributed by atoms with van der Waals surface area (Å²) in [5, 5.41) is 8.29. The van der Waals surface area contributed by atoms with Gasteiger partial charge in [0.15, 0.2) is 0 Å². The highest BCUT2D eigenvalue weighted by molar-refractivity contribution is 9.09. The van der Waals surface area contributed by atoms with Crippen molar-refractivity contribution in [2.45, 2.75) is 5.01 Å². The lowest BCUT2D eigenvalue weighted by atomic mass is 10.6. The summed E-state index contributed by atoms with van der Waals surface area (Å²) in [6, 6.07) is 0. The van der Waals surface area contributed by atoms with Crippen LogP contribution in [0.15, 0.2) is 4.99 Å². The lowest BCUT2D eigenvalue weighted by molar-refractivity contribution is 0.239. The van der Waals surface area contributed by atoms with E-state index >= 15 is 0 Å². The quantitative estimate of drug-likeness (QED) is 0.399. The van der Waals surface area contributed by atoms with Crippen LogP contribution in [0.25, 0.3) is 0 Å². The molecule has 3 nitrogen and oxygen atoms in total. The molecule has 0 saturated carbocycles. The molecular weight excluding hydrogens is 184 g/mol. The van der Waals surface area contributed by atoms with Crippen LogP contribution >= 0.6 is 15.9 Å². The molecule has 0 aliphatic carbocycles. The summed E-state index contributed by atoms with van der Waals surface area (Å²) in [6.07, 6.45) is 1.66. The fourth-order valence-corrected chi connectivity index (χ4v) is 0.939. The van der Waals surface area contributed by atoms with Crippen molar-refractivity contribution in [3.8, 4) is 0 Å². The Morgan fingerprint density at radius 1 is 1.89 bits per heavy atom. The lowest BCUT2D eigenvalue weighted by Crippen LogP contribution is -2.24. The Morgan fingerprint density at radius 3 is 2.78 bits per heavy atom. The van der Waals surface area contributed by atoms with Gasteiger partial charge in [-0.2, -0.15) is 0 Å². The van der Waals surface area contributed by atoms with Gasteiger partial charge in [-0.25, -0.2) is 0 Å². The molecule has 0 aromatic heterocycles. The molecule has 1 N–H and O–H groups in total. The minimum absolute atomic E-state index is 0.472. The Labute approximate surface area is 63.5 Å². The van der Waals surface area contributed by atoms with Gasteiger partial charge in [-0.15, -0.1) is 0 Å². The Morgan fingerprint density at radius 2 is 2.44 bits per heavy atom. The van der Waals surface area contributed by atoms with E-state index in [4.69, 9.17) is 5.11 Å². The second kappa shape index (κ2) is 4.76. The summed E-state index contributed by atoms with van der Waals surface area (Å²) < 4.78 is 0. The van der Waals surface area contributed by atoms with E-state index in [0.717, 1.165) is 0 Å². The first-order valence-corrected chi connectivity index (χ1v) is 3.53. The van der Waals surface area contributed by atoms with Crippen LogP contribution < -0.4 is 0 Å². The van der Waals surface area contributed by atoms with E-state index in [-0.39, 0.29) is 0 Å². The van der Waals surface area contributed by atoms with Crippen LogP contribution in [-0.4, -0.2) is 42.0 Å². The Hall–Kier alpha value is -0.0900. The predicted molar refractivity (Wildman–Crippen MR) is 42.0 cm³/mol. The first-order chi connectivity index (χ1) is 4.16. The molecule has 0 radical (unpaired) electrons. The summed E-state index contributed by atoms with van der Waals surface area (Å²) in [4.78, 5) is 5.55. The Balaban J connectivity index is 3.38. The third-order valence-corrected chi connectivity index (χ3v) is 1.04. The second-order valence-corrected chi connectivity index (χ2v) is 2.80. The average Bonchev–Trinajstić information content (AvgIpc) is 1.63. The normalized spacial score (nSPS) is 14.2. The highest BCUT2D eigenvalue weighted by Gasteiger charge is 1.97. The molecule has 0 amide bonds. The standard InChI is InChI=1S/C5H11BrN2O/c1-7-4-8(2)3-5(6)9/h4-5,9H,3H2,1-2H3. The molecule has 0 heterocycles. The summed E-state index contributed by atoms with van der Waals surface area (Å²) in [7, 11) is 3.54. The number of halogens is 1. The maximum Gasteiger partial charge on any atom is 0.126 e. The maximum atomic E-state index is 8.76. The summed E-state index contributed by atoms with van der Waals surface area (Å²) >= 11 is 3.00. The van der Waals surface area contributed by atoms with Crippen molar-refractivity contribution >= 4 is 22.3 Å². The van der Waals surface area contributed by atoms with E-state index in [1.165, 1.54) is 0 Å². The van der Waals surface area contributed by atoms with Crippen LogP contribution in [0.3, 0.4) is 0 Å². The summed E-state index contributed by atoms with van der Waals surface area (Å²) in [5.41, 5.74) is 0. The Bertz CT molecular complexity index is 95.0. The van der Waals surface area contributed by atoms with Gasteiger partial charge in [-0.3, -0.25) is 4.99 Å². The third kappa shape index (κ3) is 5.79. The number of aliphatic imine (C=N–C) groups is 1. The van der Waals surface area contributed by atoms with Crippen molar-refractivity contribution < 1.29 is 5.11 Å². The van der Waals surface area contributed by atoms with Crippen LogP contribution in [0, 0.1) is 0 Å². The van der Waals surface area contributed by atoms with E-state index < -0.39 is 5.01 Å². The lowest BCUT2D eigenvalue weighted by Gasteiger charge is -2.12. The van der Waals surface area contributed by atoms with Crippen LogP contribution in [0.2, 0.25) is 0 Å². The van der Waals surface area contributed by atoms with Gasteiger partial charge in [-0.05, 0) is 0 Å². The van der Waals surface area contributed by atoms with Gasteiger partial charge < -0.3 is 10.0 Å². The zero-order valence-corrected chi connectivity index (χ0v) is 7.17. The van der Waals surface area contributed by atoms with Gasteiger partial charge in [0, 0.05) is 14.1 Å². The SMILES string of the molecule is CN=CN(C)CC(O)Br. The van der Waals surface area contributed by atoms with E-state index in [0.29, 0.717) is 6.54 Å². The molecule has 1 atom stereocenters. The van der Waals surface area contributed by atoms with Crippen molar-refractivity contribution in [2.24, 2.45) is 4.99 Å². The summed E-state index contributed by atoms with van der Waals surface area (Å²) in [5.74, 6) is 0. The minimum atomic E-state index is -0.472.